The van der Waals surface area contributed by atoms with Crippen molar-refractivity contribution in [3.8, 4) is 22.6 Å². The Morgan fingerprint density at radius 1 is 1.09 bits per heavy atom. The highest BCUT2D eigenvalue weighted by atomic mass is 79.9. The number of nitrogens with zero attached hydrogens (tertiary/aromatic N) is 1. The fourth-order valence-corrected chi connectivity index (χ4v) is 3.01. The maximum absolute atomic E-state index is 12.3. The Hall–Kier alpha value is -2.24. The number of epoxide rings is 1. The first-order chi connectivity index (χ1) is 11.2. The summed E-state index contributed by atoms with van der Waals surface area (Å²) in [6.45, 7) is 0.712. The Kier molecular flexibility index (Phi) is 3.59. The van der Waals surface area contributed by atoms with Gasteiger partial charge < -0.3 is 9.72 Å². The van der Waals surface area contributed by atoms with Crippen molar-refractivity contribution >= 4 is 15.9 Å². The Morgan fingerprint density at radius 3 is 2.52 bits per heavy atom. The number of benzene rings is 2. The highest BCUT2D eigenvalue weighted by Gasteiger charge is 2.28. The number of H-pyrrole nitrogens is 1. The summed E-state index contributed by atoms with van der Waals surface area (Å²) in [5, 5.41) is 0. The second-order valence-electron chi connectivity index (χ2n) is 5.35. The molecule has 1 aromatic heterocycles. The van der Waals surface area contributed by atoms with E-state index in [0.29, 0.717) is 22.6 Å². The molecule has 4 rings (SSSR count). The Morgan fingerprint density at radius 2 is 1.78 bits per heavy atom. The third-order valence-corrected chi connectivity index (χ3v) is 4.54. The van der Waals surface area contributed by atoms with E-state index in [1.165, 1.54) is 0 Å². The number of ether oxygens (including phenoxy) is 1. The standard InChI is InChI=1S/C18H13BrN2O2/c19-15-16(11-6-2-1-3-7-11)20-17(21-18(15)22)13-9-5-4-8-12(13)14-10-23-14/h1-9,14H,10H2,(H,20,21,22). The lowest BCUT2D eigenvalue weighted by atomic mass is 10.0. The van der Waals surface area contributed by atoms with E-state index in [2.05, 4.69) is 25.9 Å². The molecule has 3 aromatic rings. The molecule has 1 aliphatic heterocycles. The van der Waals surface area contributed by atoms with Crippen LogP contribution in [0, 0.1) is 0 Å². The van der Waals surface area contributed by atoms with Gasteiger partial charge in [-0.1, -0.05) is 54.6 Å². The number of aromatic nitrogens is 2. The molecule has 1 saturated heterocycles. The van der Waals surface area contributed by atoms with Crippen LogP contribution in [0.25, 0.3) is 22.6 Å². The first-order valence-corrected chi connectivity index (χ1v) is 8.09. The molecule has 0 radical (unpaired) electrons. The van der Waals surface area contributed by atoms with Gasteiger partial charge in [-0.2, -0.15) is 0 Å². The van der Waals surface area contributed by atoms with Crippen LogP contribution in [0.4, 0.5) is 0 Å². The van der Waals surface area contributed by atoms with Gasteiger partial charge in [0.25, 0.3) is 5.56 Å². The van der Waals surface area contributed by atoms with E-state index in [0.717, 1.165) is 16.7 Å². The molecule has 0 amide bonds. The molecule has 0 aliphatic carbocycles. The molecular weight excluding hydrogens is 356 g/mol. The fraction of sp³-hybridized carbons (Fsp3) is 0.111. The lowest BCUT2D eigenvalue weighted by Crippen LogP contribution is -2.12. The molecule has 2 aromatic carbocycles. The van der Waals surface area contributed by atoms with Crippen LogP contribution in [0.15, 0.2) is 63.9 Å². The maximum atomic E-state index is 12.3. The highest BCUT2D eigenvalue weighted by molar-refractivity contribution is 9.10. The van der Waals surface area contributed by atoms with Crippen LogP contribution in [0.2, 0.25) is 0 Å². The molecule has 1 atom stereocenters. The smallest absolute Gasteiger partial charge is 0.266 e. The van der Waals surface area contributed by atoms with Crippen molar-refractivity contribution in [3.63, 3.8) is 0 Å². The van der Waals surface area contributed by atoms with E-state index < -0.39 is 0 Å². The van der Waals surface area contributed by atoms with Crippen molar-refractivity contribution in [1.82, 2.24) is 9.97 Å². The number of nitrogens with one attached hydrogen (secondary N) is 1. The average Bonchev–Trinajstić information content (AvgIpc) is 3.43. The Bertz CT molecular complexity index is 918. The summed E-state index contributed by atoms with van der Waals surface area (Å²) in [5.41, 5.74) is 3.29. The van der Waals surface area contributed by atoms with Gasteiger partial charge >= 0.3 is 0 Å². The van der Waals surface area contributed by atoms with Crippen LogP contribution in [-0.2, 0) is 4.74 Å². The molecule has 0 spiro atoms. The van der Waals surface area contributed by atoms with Crippen LogP contribution >= 0.6 is 15.9 Å². The van der Waals surface area contributed by atoms with Gasteiger partial charge in [-0.15, -0.1) is 0 Å². The zero-order valence-corrected chi connectivity index (χ0v) is 13.7. The van der Waals surface area contributed by atoms with Gasteiger partial charge in [-0.25, -0.2) is 4.98 Å². The molecule has 5 heteroatoms. The fourth-order valence-electron chi connectivity index (χ4n) is 2.59. The summed E-state index contributed by atoms with van der Waals surface area (Å²) in [6, 6.07) is 17.5. The summed E-state index contributed by atoms with van der Waals surface area (Å²) in [6.07, 6.45) is 0.0975. The molecule has 2 heterocycles. The van der Waals surface area contributed by atoms with Crippen molar-refractivity contribution in [2.75, 3.05) is 6.61 Å². The Labute approximate surface area is 141 Å². The predicted molar refractivity (Wildman–Crippen MR) is 92.1 cm³/mol. The van der Waals surface area contributed by atoms with Crippen LogP contribution < -0.4 is 5.56 Å². The molecule has 1 unspecified atom stereocenters. The van der Waals surface area contributed by atoms with Gasteiger partial charge in [-0.05, 0) is 21.5 Å². The van der Waals surface area contributed by atoms with Gasteiger partial charge in [0.1, 0.15) is 16.4 Å². The van der Waals surface area contributed by atoms with Crippen molar-refractivity contribution in [2.45, 2.75) is 6.10 Å². The molecule has 23 heavy (non-hydrogen) atoms. The van der Waals surface area contributed by atoms with Gasteiger partial charge in [0.05, 0.1) is 12.3 Å². The van der Waals surface area contributed by atoms with E-state index in [9.17, 15) is 4.79 Å². The number of hydrogen-bond acceptors (Lipinski definition) is 3. The summed E-state index contributed by atoms with van der Waals surface area (Å²) in [7, 11) is 0. The van der Waals surface area contributed by atoms with Gasteiger partial charge in [0.2, 0.25) is 0 Å². The van der Waals surface area contributed by atoms with E-state index in [-0.39, 0.29) is 11.7 Å². The highest BCUT2D eigenvalue weighted by Crippen LogP contribution is 2.36. The molecule has 0 saturated carbocycles. The van der Waals surface area contributed by atoms with E-state index in [1.807, 2.05) is 54.6 Å². The summed E-state index contributed by atoms with van der Waals surface area (Å²) in [5.74, 6) is 0.558. The van der Waals surface area contributed by atoms with Gasteiger partial charge in [0.15, 0.2) is 0 Å². The van der Waals surface area contributed by atoms with E-state index in [1.54, 1.807) is 0 Å². The molecule has 0 bridgehead atoms. The van der Waals surface area contributed by atoms with Crippen LogP contribution in [0.3, 0.4) is 0 Å². The van der Waals surface area contributed by atoms with Gasteiger partial charge in [-0.3, -0.25) is 4.79 Å². The lowest BCUT2D eigenvalue weighted by molar-refractivity contribution is 0.416. The summed E-state index contributed by atoms with van der Waals surface area (Å²) < 4.78 is 5.83. The topological polar surface area (TPSA) is 58.3 Å². The second kappa shape index (κ2) is 5.76. The zero-order valence-electron chi connectivity index (χ0n) is 12.1. The molecule has 114 valence electrons. The van der Waals surface area contributed by atoms with E-state index in [4.69, 9.17) is 4.74 Å². The lowest BCUT2D eigenvalue weighted by Gasteiger charge is -2.10. The van der Waals surface area contributed by atoms with Crippen molar-refractivity contribution < 1.29 is 4.74 Å². The van der Waals surface area contributed by atoms with Crippen LogP contribution in [-0.4, -0.2) is 16.6 Å². The van der Waals surface area contributed by atoms with E-state index >= 15 is 0 Å². The quantitative estimate of drug-likeness (QED) is 0.712. The van der Waals surface area contributed by atoms with Crippen LogP contribution in [0.1, 0.15) is 11.7 Å². The number of hydrogen-bond donors (Lipinski definition) is 1. The third kappa shape index (κ3) is 2.73. The Balaban J connectivity index is 1.91. The minimum absolute atomic E-state index is 0.0975. The number of aromatic amines is 1. The first-order valence-electron chi connectivity index (χ1n) is 7.30. The zero-order chi connectivity index (χ0) is 15.8. The first kappa shape index (κ1) is 14.4. The molecule has 1 fully saturated rings. The number of rotatable bonds is 3. The second-order valence-corrected chi connectivity index (χ2v) is 6.15. The van der Waals surface area contributed by atoms with Crippen molar-refractivity contribution in [3.05, 3.63) is 75.0 Å². The van der Waals surface area contributed by atoms with Crippen molar-refractivity contribution in [1.29, 1.82) is 0 Å². The normalized spacial score (nSPS) is 16.3. The molecule has 4 nitrogen and oxygen atoms in total. The minimum atomic E-state index is -0.194. The molecule has 1 aliphatic rings. The largest absolute Gasteiger partial charge is 0.368 e. The maximum Gasteiger partial charge on any atom is 0.266 e. The molecular formula is C18H13BrN2O2. The summed E-state index contributed by atoms with van der Waals surface area (Å²) >= 11 is 3.35. The van der Waals surface area contributed by atoms with Crippen LogP contribution in [0.5, 0.6) is 0 Å². The third-order valence-electron chi connectivity index (χ3n) is 3.81. The predicted octanol–water partition coefficient (Wildman–Crippen LogP) is 3.94. The monoisotopic (exact) mass is 368 g/mol. The minimum Gasteiger partial charge on any atom is -0.368 e. The molecule has 1 N–H and O–H groups in total. The van der Waals surface area contributed by atoms with Gasteiger partial charge in [0, 0.05) is 11.1 Å². The van der Waals surface area contributed by atoms with Crippen molar-refractivity contribution in [2.24, 2.45) is 0 Å². The summed E-state index contributed by atoms with van der Waals surface area (Å²) in [4.78, 5) is 19.9. The SMILES string of the molecule is O=c1[nH]c(-c2ccccc2C2CO2)nc(-c2ccccc2)c1Br. The number of halogens is 1. The average molecular weight is 369 g/mol.